The third-order valence-electron chi connectivity index (χ3n) is 24.9. The van der Waals surface area contributed by atoms with Crippen LogP contribution in [-0.2, 0) is 0 Å². The third kappa shape index (κ3) is 12.9. The molecule has 23 aromatic rings. The molecule has 0 atom stereocenters. The van der Waals surface area contributed by atoms with E-state index in [9.17, 15) is 0 Å². The maximum Gasteiger partial charge on any atom is 0.0994 e. The summed E-state index contributed by atoms with van der Waals surface area (Å²) < 4.78 is 0. The number of anilines is 9. The van der Waals surface area contributed by atoms with Crippen LogP contribution in [0.5, 0.6) is 0 Å². The first-order valence-electron chi connectivity index (χ1n) is 43.1. The van der Waals surface area contributed by atoms with E-state index in [0.717, 1.165) is 129 Å². The molecule has 0 unspecified atom stereocenters. The minimum Gasteiger partial charge on any atom is -0.309 e. The van der Waals surface area contributed by atoms with Gasteiger partial charge < -0.3 is 14.7 Å². The number of fused-ring (bicyclic) bond motifs is 10. The Labute approximate surface area is 734 Å². The molecule has 3 aromatic heterocycles. The van der Waals surface area contributed by atoms with Gasteiger partial charge in [0.05, 0.1) is 107 Å². The fourth-order valence-electron chi connectivity index (χ4n) is 19.1. The van der Waals surface area contributed by atoms with Crippen LogP contribution >= 0.6 is 0 Å². The first kappa shape index (κ1) is 73.8. The van der Waals surface area contributed by atoms with Gasteiger partial charge in [0, 0.05) is 77.6 Å². The van der Waals surface area contributed by atoms with Crippen molar-refractivity contribution >= 4 is 127 Å². The Morgan fingerprint density at radius 1 is 0.134 bits per heavy atom. The molecule has 592 valence electrons. The summed E-state index contributed by atoms with van der Waals surface area (Å²) in [5.41, 5.74) is 37.0. The summed E-state index contributed by atoms with van der Waals surface area (Å²) in [5.74, 6) is 0. The van der Waals surface area contributed by atoms with Crippen LogP contribution in [0.15, 0.2) is 455 Å². The minimum absolute atomic E-state index is 0.861. The van der Waals surface area contributed by atoms with E-state index in [1.54, 1.807) is 0 Å². The number of aromatic nitrogens is 6. The Bertz CT molecular complexity index is 8280. The molecule has 0 saturated heterocycles. The van der Waals surface area contributed by atoms with E-state index < -0.39 is 0 Å². The molecule has 0 fully saturated rings. The van der Waals surface area contributed by atoms with Crippen molar-refractivity contribution in [3.05, 3.63) is 455 Å². The van der Waals surface area contributed by atoms with Crippen LogP contribution in [0.4, 0.5) is 51.2 Å². The molecule has 3 aliphatic rings. The van der Waals surface area contributed by atoms with Gasteiger partial charge in [-0.2, -0.15) is 0 Å². The quantitative estimate of drug-likeness (QED) is 0.133. The van der Waals surface area contributed by atoms with Crippen molar-refractivity contribution in [3.8, 4) is 112 Å². The van der Waals surface area contributed by atoms with Gasteiger partial charge in [0.2, 0.25) is 0 Å². The molecule has 20 aromatic carbocycles. The van der Waals surface area contributed by atoms with Crippen LogP contribution < -0.4 is 14.7 Å². The van der Waals surface area contributed by atoms with E-state index in [1.807, 2.05) is 97.1 Å². The lowest BCUT2D eigenvalue weighted by atomic mass is 9.90. The maximum absolute atomic E-state index is 5.32. The third-order valence-corrected chi connectivity index (χ3v) is 24.9. The lowest BCUT2D eigenvalue weighted by molar-refractivity contribution is 1.25. The second-order valence-corrected chi connectivity index (χ2v) is 32.3. The predicted octanol–water partition coefficient (Wildman–Crippen LogP) is 31.5. The highest BCUT2D eigenvalue weighted by molar-refractivity contribution is 6.17. The summed E-state index contributed by atoms with van der Waals surface area (Å²) in [5, 5.41) is 9.94. The smallest absolute Gasteiger partial charge is 0.0994 e. The molecule has 0 amide bonds. The summed E-state index contributed by atoms with van der Waals surface area (Å²) in [6, 6.07) is 160. The van der Waals surface area contributed by atoms with Crippen LogP contribution in [0.25, 0.3) is 188 Å². The van der Waals surface area contributed by atoms with E-state index in [-0.39, 0.29) is 0 Å². The zero-order valence-electron chi connectivity index (χ0n) is 68.8. The van der Waals surface area contributed by atoms with E-state index in [0.29, 0.717) is 0 Å². The highest BCUT2D eigenvalue weighted by atomic mass is 15.2. The fraction of sp³-hybridized carbons (Fsp3) is 0. The molecule has 0 radical (unpaired) electrons. The van der Waals surface area contributed by atoms with Crippen LogP contribution in [-0.4, -0.2) is 29.9 Å². The number of hydrogen-bond donors (Lipinski definition) is 0. The molecule has 3 aliphatic heterocycles. The van der Waals surface area contributed by atoms with Crippen molar-refractivity contribution in [1.82, 2.24) is 29.9 Å². The van der Waals surface area contributed by atoms with Crippen molar-refractivity contribution in [3.63, 3.8) is 0 Å². The Balaban J connectivity index is 0.000000107. The van der Waals surface area contributed by atoms with E-state index in [4.69, 9.17) is 29.9 Å². The summed E-state index contributed by atoms with van der Waals surface area (Å²) in [6.45, 7) is 0. The summed E-state index contributed by atoms with van der Waals surface area (Å²) in [4.78, 5) is 38.3. The molecule has 0 N–H and O–H groups in total. The van der Waals surface area contributed by atoms with Gasteiger partial charge in [0.15, 0.2) is 0 Å². The number of rotatable bonds is 10. The van der Waals surface area contributed by atoms with Gasteiger partial charge in [-0.05, 0) is 164 Å². The predicted molar refractivity (Wildman–Crippen MR) is 528 cm³/mol. The Hall–Kier alpha value is -17.1. The zero-order chi connectivity index (χ0) is 83.8. The van der Waals surface area contributed by atoms with Gasteiger partial charge in [-0.25, -0.2) is 29.9 Å². The first-order valence-corrected chi connectivity index (χ1v) is 43.1. The molecule has 0 spiro atoms. The lowest BCUT2D eigenvalue weighted by Crippen LogP contribution is -2.16. The van der Waals surface area contributed by atoms with Gasteiger partial charge in [0.25, 0.3) is 0 Å². The monoisotopic (exact) mass is 1620 g/mol. The molecule has 9 heteroatoms. The van der Waals surface area contributed by atoms with Crippen molar-refractivity contribution in [2.75, 3.05) is 14.7 Å². The first-order chi connectivity index (χ1) is 63.0. The summed E-state index contributed by atoms with van der Waals surface area (Å²) in [7, 11) is 0. The normalized spacial score (nSPS) is 12.0. The molecule has 9 nitrogen and oxygen atoms in total. The molecule has 0 aliphatic carbocycles. The minimum atomic E-state index is 0.861. The van der Waals surface area contributed by atoms with Gasteiger partial charge >= 0.3 is 0 Å². The van der Waals surface area contributed by atoms with Crippen molar-refractivity contribution < 1.29 is 0 Å². The van der Waals surface area contributed by atoms with Gasteiger partial charge in [0.1, 0.15) is 0 Å². The largest absolute Gasteiger partial charge is 0.309 e. The molecular weight excluding hydrogens is 1540 g/mol. The molecule has 0 saturated carbocycles. The van der Waals surface area contributed by atoms with E-state index in [1.165, 1.54) is 110 Å². The molecular formula is C118H75N9. The average molecular weight is 1620 g/mol. The second-order valence-electron chi connectivity index (χ2n) is 32.3. The number of nitrogens with zero attached hydrogens (tertiary/aromatic N) is 9. The van der Waals surface area contributed by atoms with Gasteiger partial charge in [-0.3, -0.25) is 0 Å². The van der Waals surface area contributed by atoms with Crippen molar-refractivity contribution in [2.45, 2.75) is 0 Å². The zero-order valence-corrected chi connectivity index (χ0v) is 68.8. The fourth-order valence-corrected chi connectivity index (χ4v) is 19.1. The summed E-state index contributed by atoms with van der Waals surface area (Å²) >= 11 is 0. The highest BCUT2D eigenvalue weighted by Crippen LogP contribution is 2.56. The molecule has 0 bridgehead atoms. The van der Waals surface area contributed by atoms with E-state index in [2.05, 4.69) is 373 Å². The van der Waals surface area contributed by atoms with Crippen LogP contribution in [0, 0.1) is 0 Å². The number of para-hydroxylation sites is 10. The average Bonchev–Trinajstić information content (AvgIpc) is 0.727. The SMILES string of the molecule is c1cc(-c2nc3ccccc3nc2-c2ccc3ccccc3c2)cc(N2c3ccccc3-c3cccc4cccc2c34)c1.c1ccc(-c2ccc(-c3nc4ccccc4nc3-c3ccccc3N3c4ccccc4-c4cccc5cccc3c45)cc2)cc1.c1ccc(-c2nc3ccccc3nc2-c2ccc(N3c4ccccc4-c4cccc5cccc3c45)cc2)cc1. The molecule has 26 rings (SSSR count). The standard InChI is InChI=1S/C42H27N3.C40H25N3.C36H23N3/c1-2-12-28(13-3-1)29-24-26-31(27-25-29)41-42(44-36-20-7-6-19-35(36)43-41)34-17-5-9-22-38(34)45-37-21-8-4-16-32(37)33-18-10-14-30-15-11-23-39(45)40(30)33;1-2-11-28-24-30(23-22-26(28)10-1)40-39(41-34-18-4-5-19-35(34)42-40)29-14-7-15-31(25-29)43-36-20-6-3-16-32(36)33-17-8-12-27-13-9-21-37(43)38(27)33;1-2-10-25(11-3-1)35-36(38-31-17-6-5-16-30(31)37-35)26-20-22-27(23-21-26)39-32-18-7-4-14-28(32)29-15-8-12-24-13-9-19-33(39)34(24)29/h1-27H;1-25H;1-23H. The summed E-state index contributed by atoms with van der Waals surface area (Å²) in [6.07, 6.45) is 0. The van der Waals surface area contributed by atoms with Gasteiger partial charge in [-0.15, -0.1) is 0 Å². The highest BCUT2D eigenvalue weighted by Gasteiger charge is 2.32. The van der Waals surface area contributed by atoms with Crippen LogP contribution in [0.3, 0.4) is 0 Å². The van der Waals surface area contributed by atoms with Crippen LogP contribution in [0.1, 0.15) is 0 Å². The van der Waals surface area contributed by atoms with Gasteiger partial charge in [-0.1, -0.05) is 346 Å². The molecule has 127 heavy (non-hydrogen) atoms. The lowest BCUT2D eigenvalue weighted by Gasteiger charge is -2.34. The maximum atomic E-state index is 5.32. The van der Waals surface area contributed by atoms with Crippen molar-refractivity contribution in [1.29, 1.82) is 0 Å². The number of benzene rings is 20. The Kier molecular flexibility index (Phi) is 18.0. The number of hydrogen-bond acceptors (Lipinski definition) is 9. The second kappa shape index (κ2) is 31.1. The topological polar surface area (TPSA) is 87.1 Å². The van der Waals surface area contributed by atoms with E-state index >= 15 is 0 Å². The van der Waals surface area contributed by atoms with Crippen LogP contribution in [0.2, 0.25) is 0 Å². The van der Waals surface area contributed by atoms with Crippen molar-refractivity contribution in [2.24, 2.45) is 0 Å². The Morgan fingerprint density at radius 3 is 0.874 bits per heavy atom. The Morgan fingerprint density at radius 2 is 0.402 bits per heavy atom. The molecule has 6 heterocycles.